The Kier molecular flexibility index (Phi) is 5.32. The Hall–Kier alpha value is -1.29. The first kappa shape index (κ1) is 17.1. The number of rotatable bonds is 5. The van der Waals surface area contributed by atoms with Gasteiger partial charge in [-0.2, -0.15) is 4.31 Å². The van der Waals surface area contributed by atoms with Crippen molar-refractivity contribution in [1.82, 2.24) is 9.62 Å². The number of morpholine rings is 1. The van der Waals surface area contributed by atoms with Crippen molar-refractivity contribution >= 4 is 33.1 Å². The SMILES string of the molecule is CC(=O)c1cc(C(=O)NC[C@@H]2CN(S(C)(=O)=O)CCO2)cs1. The number of thiophene rings is 1. The number of carbonyl (C=O) groups is 2. The van der Waals surface area contributed by atoms with E-state index >= 15 is 0 Å². The zero-order chi connectivity index (χ0) is 16.3. The van der Waals surface area contributed by atoms with Crippen molar-refractivity contribution in [3.63, 3.8) is 0 Å². The summed E-state index contributed by atoms with van der Waals surface area (Å²) < 4.78 is 29.8. The molecule has 0 unspecified atom stereocenters. The normalized spacial score (nSPS) is 19.8. The highest BCUT2D eigenvalue weighted by molar-refractivity contribution is 7.88. The molecule has 0 bridgehead atoms. The van der Waals surface area contributed by atoms with Gasteiger partial charge in [0.25, 0.3) is 5.91 Å². The standard InChI is InChI=1S/C13H18N2O5S2/c1-9(16)12-5-10(8-21-12)13(17)14-6-11-7-15(3-4-20-11)22(2,18)19/h5,8,11H,3-4,6-7H2,1-2H3,(H,14,17)/t11-/m1/s1. The summed E-state index contributed by atoms with van der Waals surface area (Å²) in [5.41, 5.74) is 0.422. The van der Waals surface area contributed by atoms with E-state index in [1.165, 1.54) is 22.6 Å². The summed E-state index contributed by atoms with van der Waals surface area (Å²) in [4.78, 5) is 23.7. The van der Waals surface area contributed by atoms with Gasteiger partial charge in [-0.1, -0.05) is 0 Å². The summed E-state index contributed by atoms with van der Waals surface area (Å²) in [7, 11) is -3.25. The lowest BCUT2D eigenvalue weighted by atomic mass is 10.2. The summed E-state index contributed by atoms with van der Waals surface area (Å²) in [6, 6.07) is 1.55. The molecule has 9 heteroatoms. The average Bonchev–Trinajstić information content (AvgIpc) is 2.94. The van der Waals surface area contributed by atoms with Gasteiger partial charge in [0.1, 0.15) is 0 Å². The molecule has 22 heavy (non-hydrogen) atoms. The Morgan fingerprint density at radius 1 is 1.50 bits per heavy atom. The fraction of sp³-hybridized carbons (Fsp3) is 0.538. The van der Waals surface area contributed by atoms with Gasteiger partial charge in [0.15, 0.2) is 5.78 Å². The van der Waals surface area contributed by atoms with Crippen LogP contribution in [0.5, 0.6) is 0 Å². The largest absolute Gasteiger partial charge is 0.374 e. The van der Waals surface area contributed by atoms with Crippen LogP contribution < -0.4 is 5.32 Å². The molecular formula is C13H18N2O5S2. The highest BCUT2D eigenvalue weighted by Crippen LogP contribution is 2.15. The molecule has 1 aromatic heterocycles. The lowest BCUT2D eigenvalue weighted by Crippen LogP contribution is -2.49. The number of hydrogen-bond donors (Lipinski definition) is 1. The van der Waals surface area contributed by atoms with Crippen LogP contribution in [0.2, 0.25) is 0 Å². The molecule has 2 rings (SSSR count). The molecule has 7 nitrogen and oxygen atoms in total. The zero-order valence-corrected chi connectivity index (χ0v) is 14.0. The Morgan fingerprint density at radius 3 is 2.82 bits per heavy atom. The number of nitrogens with zero attached hydrogens (tertiary/aromatic N) is 1. The van der Waals surface area contributed by atoms with Crippen LogP contribution in [0.15, 0.2) is 11.4 Å². The highest BCUT2D eigenvalue weighted by atomic mass is 32.2. The maximum absolute atomic E-state index is 12.0. The van der Waals surface area contributed by atoms with Crippen molar-refractivity contribution in [3.05, 3.63) is 21.9 Å². The van der Waals surface area contributed by atoms with Crippen molar-refractivity contribution in [2.24, 2.45) is 0 Å². The van der Waals surface area contributed by atoms with Gasteiger partial charge < -0.3 is 10.1 Å². The Bertz CT molecular complexity index is 668. The van der Waals surface area contributed by atoms with E-state index < -0.39 is 10.0 Å². The fourth-order valence-corrected chi connectivity index (χ4v) is 3.70. The Morgan fingerprint density at radius 2 is 2.23 bits per heavy atom. The molecule has 1 amide bonds. The highest BCUT2D eigenvalue weighted by Gasteiger charge is 2.26. The van der Waals surface area contributed by atoms with E-state index in [2.05, 4.69) is 5.32 Å². The van der Waals surface area contributed by atoms with E-state index in [1.54, 1.807) is 11.4 Å². The lowest BCUT2D eigenvalue weighted by Gasteiger charge is -2.31. The van der Waals surface area contributed by atoms with Gasteiger partial charge >= 0.3 is 0 Å². The van der Waals surface area contributed by atoms with E-state index in [0.717, 1.165) is 6.26 Å². The molecule has 0 aliphatic carbocycles. The first-order chi connectivity index (χ1) is 10.3. The molecule has 1 saturated heterocycles. The number of carbonyl (C=O) groups excluding carboxylic acids is 2. The molecule has 1 aliphatic rings. The molecule has 0 saturated carbocycles. The number of ether oxygens (including phenoxy) is 1. The summed E-state index contributed by atoms with van der Waals surface area (Å²) in [5, 5.41) is 4.32. The molecule has 0 radical (unpaired) electrons. The van der Waals surface area contributed by atoms with Crippen molar-refractivity contribution in [2.75, 3.05) is 32.5 Å². The van der Waals surface area contributed by atoms with Gasteiger partial charge in [-0.15, -0.1) is 11.3 Å². The molecule has 0 aromatic carbocycles. The van der Waals surface area contributed by atoms with Crippen LogP contribution in [-0.2, 0) is 14.8 Å². The maximum atomic E-state index is 12.0. The summed E-state index contributed by atoms with van der Waals surface area (Å²) in [5.74, 6) is -0.382. The first-order valence-electron chi connectivity index (χ1n) is 6.72. The number of hydrogen-bond acceptors (Lipinski definition) is 6. The van der Waals surface area contributed by atoms with E-state index in [0.29, 0.717) is 23.6 Å². The maximum Gasteiger partial charge on any atom is 0.252 e. The van der Waals surface area contributed by atoms with Gasteiger partial charge in [-0.25, -0.2) is 8.42 Å². The average molecular weight is 346 g/mol. The molecule has 1 aromatic rings. The van der Waals surface area contributed by atoms with Crippen molar-refractivity contribution in [3.8, 4) is 0 Å². The summed E-state index contributed by atoms with van der Waals surface area (Å²) >= 11 is 1.22. The molecular weight excluding hydrogens is 328 g/mol. The first-order valence-corrected chi connectivity index (χ1v) is 9.44. The van der Waals surface area contributed by atoms with Gasteiger partial charge in [-0.3, -0.25) is 9.59 Å². The second-order valence-electron chi connectivity index (χ2n) is 5.08. The fourth-order valence-electron chi connectivity index (χ4n) is 2.07. The van der Waals surface area contributed by atoms with Gasteiger partial charge in [0.05, 0.1) is 29.4 Å². The number of ketones is 1. The predicted octanol–water partition coefficient (Wildman–Crippen LogP) is 0.341. The lowest BCUT2D eigenvalue weighted by molar-refractivity contribution is 0.000440. The second-order valence-corrected chi connectivity index (χ2v) is 7.97. The van der Waals surface area contributed by atoms with E-state index in [4.69, 9.17) is 4.74 Å². The second kappa shape index (κ2) is 6.86. The van der Waals surface area contributed by atoms with E-state index in [-0.39, 0.29) is 30.9 Å². The molecule has 1 fully saturated rings. The third kappa shape index (κ3) is 4.35. The van der Waals surface area contributed by atoms with Crippen LogP contribution in [0.25, 0.3) is 0 Å². The summed E-state index contributed by atoms with van der Waals surface area (Å²) in [6.07, 6.45) is 0.779. The third-order valence-electron chi connectivity index (χ3n) is 3.27. The molecule has 2 heterocycles. The minimum absolute atomic E-state index is 0.0801. The Labute approximate surface area is 133 Å². The third-order valence-corrected chi connectivity index (χ3v) is 5.57. The topological polar surface area (TPSA) is 92.8 Å². The van der Waals surface area contributed by atoms with Crippen LogP contribution in [0.1, 0.15) is 27.0 Å². The van der Waals surface area contributed by atoms with Crippen molar-refractivity contribution in [2.45, 2.75) is 13.0 Å². The molecule has 1 aliphatic heterocycles. The minimum atomic E-state index is -3.25. The molecule has 1 atom stereocenters. The molecule has 0 spiro atoms. The minimum Gasteiger partial charge on any atom is -0.374 e. The van der Waals surface area contributed by atoms with Crippen LogP contribution in [0.3, 0.4) is 0 Å². The van der Waals surface area contributed by atoms with E-state index in [1.807, 2.05) is 0 Å². The van der Waals surface area contributed by atoms with Crippen LogP contribution in [-0.4, -0.2) is 63.0 Å². The van der Waals surface area contributed by atoms with Crippen LogP contribution in [0.4, 0.5) is 0 Å². The molecule has 122 valence electrons. The number of Topliss-reactive ketones (excluding diaryl/α,β-unsaturated/α-hetero) is 1. The zero-order valence-electron chi connectivity index (χ0n) is 12.4. The number of nitrogens with one attached hydrogen (secondary N) is 1. The van der Waals surface area contributed by atoms with Crippen molar-refractivity contribution < 1.29 is 22.7 Å². The predicted molar refractivity (Wildman–Crippen MR) is 82.8 cm³/mol. The van der Waals surface area contributed by atoms with Crippen LogP contribution in [0, 0.1) is 0 Å². The monoisotopic (exact) mass is 346 g/mol. The van der Waals surface area contributed by atoms with Gasteiger partial charge in [-0.05, 0) is 13.0 Å². The Balaban J connectivity index is 1.89. The molecule has 1 N–H and O–H groups in total. The van der Waals surface area contributed by atoms with Crippen LogP contribution >= 0.6 is 11.3 Å². The number of sulfonamides is 1. The van der Waals surface area contributed by atoms with E-state index in [9.17, 15) is 18.0 Å². The smallest absolute Gasteiger partial charge is 0.252 e. The summed E-state index contributed by atoms with van der Waals surface area (Å²) in [6.45, 7) is 2.52. The number of amides is 1. The van der Waals surface area contributed by atoms with Gasteiger partial charge in [0.2, 0.25) is 10.0 Å². The van der Waals surface area contributed by atoms with Gasteiger partial charge in [0, 0.05) is 25.0 Å². The quantitative estimate of drug-likeness (QED) is 0.776. The van der Waals surface area contributed by atoms with Crippen molar-refractivity contribution in [1.29, 1.82) is 0 Å².